The van der Waals surface area contributed by atoms with E-state index in [0.717, 1.165) is 12.8 Å². The number of nitrogens with two attached hydrogens (primary N) is 1. The molecule has 0 saturated carbocycles. The molecule has 0 aliphatic heterocycles. The number of nitrogens with zero attached hydrogens (tertiary/aromatic N) is 1. The van der Waals surface area contributed by atoms with Gasteiger partial charge in [0, 0.05) is 25.7 Å². The van der Waals surface area contributed by atoms with Crippen molar-refractivity contribution in [1.29, 1.82) is 0 Å². The van der Waals surface area contributed by atoms with Gasteiger partial charge in [0.1, 0.15) is 5.82 Å². The summed E-state index contributed by atoms with van der Waals surface area (Å²) in [5.74, 6) is -0.581. The lowest BCUT2D eigenvalue weighted by molar-refractivity contribution is 0.457. The lowest BCUT2D eigenvalue weighted by atomic mass is 10.2. The van der Waals surface area contributed by atoms with Gasteiger partial charge in [-0.15, -0.1) is 0 Å². The van der Waals surface area contributed by atoms with Gasteiger partial charge in [0.2, 0.25) is 10.0 Å². The highest BCUT2D eigenvalue weighted by Crippen LogP contribution is 2.21. The second kappa shape index (κ2) is 6.26. The van der Waals surface area contributed by atoms with Crippen molar-refractivity contribution in [3.05, 3.63) is 29.6 Å². The molecule has 2 N–H and O–H groups in total. The number of hydrogen-bond acceptors (Lipinski definition) is 3. The first-order chi connectivity index (χ1) is 8.45. The molecular formula is C12H19FN2O2S. The van der Waals surface area contributed by atoms with E-state index in [4.69, 9.17) is 5.73 Å². The van der Waals surface area contributed by atoms with E-state index in [1.54, 1.807) is 0 Å². The first-order valence-corrected chi connectivity index (χ1v) is 7.33. The van der Waals surface area contributed by atoms with Crippen LogP contribution in [0.2, 0.25) is 0 Å². The molecule has 0 saturated heterocycles. The Labute approximate surface area is 108 Å². The van der Waals surface area contributed by atoms with Gasteiger partial charge >= 0.3 is 0 Å². The quantitative estimate of drug-likeness (QED) is 0.859. The van der Waals surface area contributed by atoms with Gasteiger partial charge in [0.05, 0.1) is 4.90 Å². The Morgan fingerprint density at radius 3 is 2.61 bits per heavy atom. The summed E-state index contributed by atoms with van der Waals surface area (Å²) in [6, 6.07) is 3.99. The Hall–Kier alpha value is -0.980. The van der Waals surface area contributed by atoms with E-state index < -0.39 is 15.8 Å². The van der Waals surface area contributed by atoms with Gasteiger partial charge in [-0.3, -0.25) is 0 Å². The second-order valence-corrected chi connectivity index (χ2v) is 6.11. The van der Waals surface area contributed by atoms with Crippen LogP contribution in [0.1, 0.15) is 25.3 Å². The normalized spacial score (nSPS) is 12.1. The molecule has 0 atom stereocenters. The molecule has 1 aromatic carbocycles. The average molecular weight is 274 g/mol. The summed E-state index contributed by atoms with van der Waals surface area (Å²) in [6.07, 6.45) is 1.66. The Bertz CT molecular complexity index is 503. The Morgan fingerprint density at radius 1 is 1.39 bits per heavy atom. The van der Waals surface area contributed by atoms with Crippen LogP contribution in [0.5, 0.6) is 0 Å². The molecule has 4 nitrogen and oxygen atoms in total. The molecule has 102 valence electrons. The summed E-state index contributed by atoms with van der Waals surface area (Å²) in [4.78, 5) is -0.0383. The van der Waals surface area contributed by atoms with Crippen LogP contribution < -0.4 is 5.73 Å². The van der Waals surface area contributed by atoms with Gasteiger partial charge in [0.25, 0.3) is 0 Å². The monoisotopic (exact) mass is 274 g/mol. The first-order valence-electron chi connectivity index (χ1n) is 5.89. The van der Waals surface area contributed by atoms with Crippen LogP contribution in [0.3, 0.4) is 0 Å². The van der Waals surface area contributed by atoms with Gasteiger partial charge in [-0.1, -0.05) is 19.4 Å². The number of sulfonamides is 1. The molecule has 0 aliphatic rings. The van der Waals surface area contributed by atoms with E-state index in [1.807, 2.05) is 6.92 Å². The van der Waals surface area contributed by atoms with Crippen molar-refractivity contribution < 1.29 is 12.8 Å². The predicted octanol–water partition coefficient (Wildman–Crippen LogP) is 1.71. The van der Waals surface area contributed by atoms with E-state index in [9.17, 15) is 12.8 Å². The van der Waals surface area contributed by atoms with Crippen molar-refractivity contribution >= 4 is 10.0 Å². The fraction of sp³-hybridized carbons (Fsp3) is 0.500. The van der Waals surface area contributed by atoms with Gasteiger partial charge in [-0.2, -0.15) is 0 Å². The third kappa shape index (κ3) is 3.07. The van der Waals surface area contributed by atoms with Crippen LogP contribution >= 0.6 is 0 Å². The lowest BCUT2D eigenvalue weighted by Gasteiger charge is -2.18. The summed E-state index contributed by atoms with van der Waals surface area (Å²) in [5.41, 5.74) is 5.47. The van der Waals surface area contributed by atoms with Crippen molar-refractivity contribution in [3.63, 3.8) is 0 Å². The van der Waals surface area contributed by atoms with Crippen LogP contribution in [0.25, 0.3) is 0 Å². The molecule has 0 radical (unpaired) electrons. The molecule has 1 aromatic rings. The summed E-state index contributed by atoms with van der Waals surface area (Å²) in [7, 11) is -2.17. The van der Waals surface area contributed by atoms with Crippen LogP contribution in [0, 0.1) is 5.82 Å². The molecule has 0 aliphatic carbocycles. The summed E-state index contributed by atoms with van der Waals surface area (Å²) >= 11 is 0. The Morgan fingerprint density at radius 2 is 2.06 bits per heavy atom. The maximum atomic E-state index is 13.5. The third-order valence-electron chi connectivity index (χ3n) is 2.79. The van der Waals surface area contributed by atoms with Crippen LogP contribution in [0.15, 0.2) is 23.1 Å². The maximum Gasteiger partial charge on any atom is 0.243 e. The summed E-state index contributed by atoms with van der Waals surface area (Å²) in [5, 5.41) is 0. The standard InChI is InChI=1S/C12H19FN2O2S/c1-3-4-8-15(2)18(16,17)12-7-5-6-11(13)10(12)9-14/h5-7H,3-4,8-9,14H2,1-2H3. The smallest absolute Gasteiger partial charge is 0.243 e. The van der Waals surface area contributed by atoms with E-state index >= 15 is 0 Å². The maximum absolute atomic E-state index is 13.5. The molecule has 0 heterocycles. The van der Waals surface area contributed by atoms with Gasteiger partial charge in [-0.05, 0) is 18.6 Å². The molecule has 0 amide bonds. The Kier molecular flexibility index (Phi) is 5.25. The zero-order valence-electron chi connectivity index (χ0n) is 10.7. The molecule has 0 unspecified atom stereocenters. The first kappa shape index (κ1) is 15.1. The van der Waals surface area contributed by atoms with Crippen molar-refractivity contribution in [2.24, 2.45) is 5.73 Å². The minimum atomic E-state index is -3.66. The zero-order valence-corrected chi connectivity index (χ0v) is 11.5. The van der Waals surface area contributed by atoms with Crippen molar-refractivity contribution in [1.82, 2.24) is 4.31 Å². The molecule has 1 rings (SSSR count). The van der Waals surface area contributed by atoms with Gasteiger partial charge < -0.3 is 5.73 Å². The van der Waals surface area contributed by atoms with E-state index in [-0.39, 0.29) is 17.0 Å². The number of unbranched alkanes of at least 4 members (excludes halogenated alkanes) is 1. The highest BCUT2D eigenvalue weighted by molar-refractivity contribution is 7.89. The van der Waals surface area contributed by atoms with Crippen LogP contribution in [-0.2, 0) is 16.6 Å². The Balaban J connectivity index is 3.16. The molecule has 18 heavy (non-hydrogen) atoms. The molecule has 0 fully saturated rings. The van der Waals surface area contributed by atoms with Crippen molar-refractivity contribution in [2.45, 2.75) is 31.2 Å². The zero-order chi connectivity index (χ0) is 13.8. The number of hydrogen-bond donors (Lipinski definition) is 1. The SMILES string of the molecule is CCCCN(C)S(=O)(=O)c1cccc(F)c1CN. The molecule has 0 aromatic heterocycles. The van der Waals surface area contributed by atoms with Crippen molar-refractivity contribution in [2.75, 3.05) is 13.6 Å². The molecule has 0 spiro atoms. The topological polar surface area (TPSA) is 63.4 Å². The fourth-order valence-corrected chi connectivity index (χ4v) is 3.10. The third-order valence-corrected chi connectivity index (χ3v) is 4.74. The largest absolute Gasteiger partial charge is 0.326 e. The molecular weight excluding hydrogens is 255 g/mol. The summed E-state index contributed by atoms with van der Waals surface area (Å²) in [6.45, 7) is 2.26. The highest BCUT2D eigenvalue weighted by atomic mass is 32.2. The average Bonchev–Trinajstić information content (AvgIpc) is 2.35. The van der Waals surface area contributed by atoms with E-state index in [1.165, 1.54) is 29.6 Å². The van der Waals surface area contributed by atoms with Gasteiger partial charge in [-0.25, -0.2) is 17.1 Å². The predicted molar refractivity (Wildman–Crippen MR) is 69.0 cm³/mol. The van der Waals surface area contributed by atoms with E-state index in [0.29, 0.717) is 6.54 Å². The minimum absolute atomic E-state index is 0.0383. The highest BCUT2D eigenvalue weighted by Gasteiger charge is 2.24. The van der Waals surface area contributed by atoms with Crippen molar-refractivity contribution in [3.8, 4) is 0 Å². The lowest BCUT2D eigenvalue weighted by Crippen LogP contribution is -2.29. The molecule has 6 heteroatoms. The second-order valence-electron chi connectivity index (χ2n) is 4.10. The summed E-state index contributed by atoms with van der Waals surface area (Å²) < 4.78 is 39.3. The van der Waals surface area contributed by atoms with Gasteiger partial charge in [0.15, 0.2) is 0 Å². The van der Waals surface area contributed by atoms with Crippen LogP contribution in [0.4, 0.5) is 4.39 Å². The molecule has 0 bridgehead atoms. The fourth-order valence-electron chi connectivity index (χ4n) is 1.65. The van der Waals surface area contributed by atoms with Crippen LogP contribution in [-0.4, -0.2) is 26.3 Å². The minimum Gasteiger partial charge on any atom is -0.326 e. The number of benzene rings is 1. The number of halogens is 1. The number of rotatable bonds is 6. The van der Waals surface area contributed by atoms with E-state index in [2.05, 4.69) is 0 Å².